The normalized spacial score (nSPS) is 31.0. The molecule has 2 atom stereocenters. The van der Waals surface area contributed by atoms with Crippen molar-refractivity contribution in [2.75, 3.05) is 31.1 Å². The van der Waals surface area contributed by atoms with Crippen molar-refractivity contribution in [3.63, 3.8) is 0 Å². The van der Waals surface area contributed by atoms with Gasteiger partial charge >= 0.3 is 0 Å². The third kappa shape index (κ3) is 2.78. The lowest BCUT2D eigenvalue weighted by molar-refractivity contribution is -0.145. The second-order valence-electron chi connectivity index (χ2n) is 7.60. The summed E-state index contributed by atoms with van der Waals surface area (Å²) < 4.78 is 0. The molecule has 1 aliphatic carbocycles. The maximum Gasteiger partial charge on any atom is 0.231 e. The minimum Gasteiger partial charge on any atom is -0.322 e. The highest BCUT2D eigenvalue weighted by Gasteiger charge is 2.45. The van der Waals surface area contributed by atoms with E-state index in [2.05, 4.69) is 41.0 Å². The Balaban J connectivity index is 1.63. The molecule has 1 aromatic carbocycles. The van der Waals surface area contributed by atoms with E-state index >= 15 is 0 Å². The van der Waals surface area contributed by atoms with Crippen LogP contribution in [0.25, 0.3) is 0 Å². The van der Waals surface area contributed by atoms with Crippen molar-refractivity contribution < 1.29 is 4.79 Å². The van der Waals surface area contributed by atoms with Crippen molar-refractivity contribution in [1.82, 2.24) is 9.80 Å². The van der Waals surface area contributed by atoms with Gasteiger partial charge in [0.05, 0.1) is 5.92 Å². The van der Waals surface area contributed by atoms with E-state index in [0.29, 0.717) is 5.91 Å². The van der Waals surface area contributed by atoms with E-state index < -0.39 is 0 Å². The molecule has 2 aliphatic heterocycles. The smallest absolute Gasteiger partial charge is 0.231 e. The summed E-state index contributed by atoms with van der Waals surface area (Å²) in [6.45, 7) is 5.48. The Bertz CT molecular complexity index is 613. The lowest BCUT2D eigenvalue weighted by Crippen LogP contribution is -2.64. The number of nitrogens with zero attached hydrogens (tertiary/aromatic N) is 2. The Morgan fingerprint density at radius 2 is 1.96 bits per heavy atom. The van der Waals surface area contributed by atoms with Crippen molar-refractivity contribution in [3.8, 4) is 0 Å². The standard InChI is InChI=1S/C20H28N2OS/c1-20(21-11-4-5-12-21)15-24-14-13-22(20)19(23)18-10-6-8-16-7-2-3-9-17(16)18/h2-3,7,9,18H,4-6,8,10-15H2,1H3. The average molecular weight is 345 g/mol. The maximum absolute atomic E-state index is 13.6. The van der Waals surface area contributed by atoms with Crippen LogP contribution in [0.4, 0.5) is 0 Å². The molecular formula is C20H28N2OS. The van der Waals surface area contributed by atoms with E-state index in [4.69, 9.17) is 0 Å². The summed E-state index contributed by atoms with van der Waals surface area (Å²) in [7, 11) is 0. The molecule has 3 aliphatic rings. The highest BCUT2D eigenvalue weighted by Crippen LogP contribution is 2.38. The zero-order chi connectivity index (χ0) is 16.6. The number of aryl methyl sites for hydroxylation is 1. The fourth-order valence-corrected chi connectivity index (χ4v) is 5.93. The van der Waals surface area contributed by atoms with Gasteiger partial charge in [-0.15, -0.1) is 0 Å². The van der Waals surface area contributed by atoms with Crippen LogP contribution in [0.5, 0.6) is 0 Å². The fraction of sp³-hybridized carbons (Fsp3) is 0.650. The minimum absolute atomic E-state index is 0.0694. The summed E-state index contributed by atoms with van der Waals surface area (Å²) in [5.74, 6) is 2.56. The first-order chi connectivity index (χ1) is 11.7. The van der Waals surface area contributed by atoms with Crippen LogP contribution in [0.15, 0.2) is 24.3 Å². The Kier molecular flexibility index (Phi) is 4.61. The third-order valence-electron chi connectivity index (χ3n) is 6.14. The predicted octanol–water partition coefficient (Wildman–Crippen LogP) is 3.49. The highest BCUT2D eigenvalue weighted by molar-refractivity contribution is 7.99. The number of hydrogen-bond acceptors (Lipinski definition) is 3. The van der Waals surface area contributed by atoms with Gasteiger partial charge in [-0.25, -0.2) is 0 Å². The van der Waals surface area contributed by atoms with Crippen molar-refractivity contribution in [3.05, 3.63) is 35.4 Å². The zero-order valence-electron chi connectivity index (χ0n) is 14.7. The lowest BCUT2D eigenvalue weighted by atomic mass is 9.81. The number of thioether (sulfide) groups is 1. The lowest BCUT2D eigenvalue weighted by Gasteiger charge is -2.51. The second kappa shape index (κ2) is 6.72. The van der Waals surface area contributed by atoms with E-state index in [9.17, 15) is 4.79 Å². The Morgan fingerprint density at radius 1 is 1.17 bits per heavy atom. The predicted molar refractivity (Wildman–Crippen MR) is 100 cm³/mol. The number of carbonyl (C=O) groups excluding carboxylic acids is 1. The van der Waals surface area contributed by atoms with E-state index in [1.807, 2.05) is 11.8 Å². The molecule has 0 aromatic heterocycles. The maximum atomic E-state index is 13.6. The first-order valence-electron chi connectivity index (χ1n) is 9.42. The van der Waals surface area contributed by atoms with Crippen LogP contribution in [-0.4, -0.2) is 52.5 Å². The highest BCUT2D eigenvalue weighted by atomic mass is 32.2. The molecule has 2 fully saturated rings. The first-order valence-corrected chi connectivity index (χ1v) is 10.6. The molecule has 24 heavy (non-hydrogen) atoms. The third-order valence-corrected chi connectivity index (χ3v) is 7.36. The van der Waals surface area contributed by atoms with Gasteiger partial charge in [-0.1, -0.05) is 24.3 Å². The summed E-state index contributed by atoms with van der Waals surface area (Å²) in [4.78, 5) is 18.4. The monoisotopic (exact) mass is 344 g/mol. The van der Waals surface area contributed by atoms with Crippen LogP contribution in [0.1, 0.15) is 49.7 Å². The van der Waals surface area contributed by atoms with Gasteiger partial charge in [-0.2, -0.15) is 11.8 Å². The van der Waals surface area contributed by atoms with Crippen LogP contribution in [0.3, 0.4) is 0 Å². The summed E-state index contributed by atoms with van der Waals surface area (Å²) >= 11 is 2.01. The fourth-order valence-electron chi connectivity index (χ4n) is 4.75. The van der Waals surface area contributed by atoms with Gasteiger partial charge in [0.15, 0.2) is 0 Å². The topological polar surface area (TPSA) is 23.6 Å². The molecule has 4 rings (SSSR count). The SMILES string of the molecule is CC1(N2CCCC2)CSCCN1C(=O)C1CCCc2ccccc21. The van der Waals surface area contributed by atoms with Gasteiger partial charge in [0.2, 0.25) is 5.91 Å². The van der Waals surface area contributed by atoms with Crippen molar-refractivity contribution in [1.29, 1.82) is 0 Å². The molecule has 4 heteroatoms. The van der Waals surface area contributed by atoms with Crippen molar-refractivity contribution >= 4 is 17.7 Å². The zero-order valence-corrected chi connectivity index (χ0v) is 15.5. The minimum atomic E-state index is -0.0944. The number of benzene rings is 1. The molecule has 3 nitrogen and oxygen atoms in total. The molecular weight excluding hydrogens is 316 g/mol. The summed E-state index contributed by atoms with van der Waals surface area (Å²) in [6, 6.07) is 8.59. The summed E-state index contributed by atoms with van der Waals surface area (Å²) in [5, 5.41) is 0. The van der Waals surface area contributed by atoms with E-state index in [-0.39, 0.29) is 11.6 Å². The first kappa shape index (κ1) is 16.5. The van der Waals surface area contributed by atoms with Gasteiger partial charge in [0.1, 0.15) is 5.66 Å². The average Bonchev–Trinajstić information content (AvgIpc) is 3.16. The summed E-state index contributed by atoms with van der Waals surface area (Å²) in [5.41, 5.74) is 2.58. The largest absolute Gasteiger partial charge is 0.322 e. The quantitative estimate of drug-likeness (QED) is 0.820. The molecule has 0 saturated carbocycles. The molecule has 1 aromatic rings. The van der Waals surface area contributed by atoms with Crippen LogP contribution >= 0.6 is 11.8 Å². The molecule has 0 N–H and O–H groups in total. The van der Waals surface area contributed by atoms with Gasteiger partial charge in [0.25, 0.3) is 0 Å². The molecule has 1 amide bonds. The number of amides is 1. The Labute approximate surface area is 149 Å². The Morgan fingerprint density at radius 3 is 2.79 bits per heavy atom. The molecule has 0 radical (unpaired) electrons. The van der Waals surface area contributed by atoms with Crippen LogP contribution < -0.4 is 0 Å². The van der Waals surface area contributed by atoms with Crippen LogP contribution in [0, 0.1) is 0 Å². The van der Waals surface area contributed by atoms with Crippen molar-refractivity contribution in [2.45, 2.75) is 50.6 Å². The van der Waals surface area contributed by atoms with E-state index in [0.717, 1.165) is 50.4 Å². The second-order valence-corrected chi connectivity index (χ2v) is 8.70. The van der Waals surface area contributed by atoms with E-state index in [1.165, 1.54) is 24.0 Å². The molecule has 0 bridgehead atoms. The van der Waals surface area contributed by atoms with Gasteiger partial charge < -0.3 is 4.90 Å². The molecule has 0 spiro atoms. The number of rotatable bonds is 2. The van der Waals surface area contributed by atoms with Gasteiger partial charge in [-0.05, 0) is 50.2 Å². The van der Waals surface area contributed by atoms with Crippen LogP contribution in [0.2, 0.25) is 0 Å². The number of carbonyl (C=O) groups is 1. The molecule has 2 heterocycles. The number of likely N-dealkylation sites (tertiary alicyclic amines) is 1. The summed E-state index contributed by atoms with van der Waals surface area (Å²) in [6.07, 6.45) is 5.81. The van der Waals surface area contributed by atoms with Crippen molar-refractivity contribution in [2.24, 2.45) is 0 Å². The molecule has 2 saturated heterocycles. The van der Waals surface area contributed by atoms with Crippen LogP contribution in [-0.2, 0) is 11.2 Å². The van der Waals surface area contributed by atoms with E-state index in [1.54, 1.807) is 0 Å². The Hall–Kier alpha value is -1.00. The number of fused-ring (bicyclic) bond motifs is 1. The van der Waals surface area contributed by atoms with Gasteiger partial charge in [-0.3, -0.25) is 9.69 Å². The number of hydrogen-bond donors (Lipinski definition) is 0. The molecule has 2 unspecified atom stereocenters. The van der Waals surface area contributed by atoms with Gasteiger partial charge in [0, 0.05) is 31.1 Å². The molecule has 130 valence electrons.